The molecular formula is C14H17N3O3S. The molecule has 0 unspecified atom stereocenters. The number of carboxylic acid groups (broad SMARTS) is 1. The quantitative estimate of drug-likeness (QED) is 0.796. The minimum Gasteiger partial charge on any atom is -0.508 e. The van der Waals surface area contributed by atoms with Crippen LogP contribution in [-0.4, -0.2) is 36.7 Å². The van der Waals surface area contributed by atoms with E-state index in [9.17, 15) is 9.90 Å². The summed E-state index contributed by atoms with van der Waals surface area (Å²) >= 11 is 1.16. The normalized spacial score (nSPS) is 11.0. The van der Waals surface area contributed by atoms with Crippen LogP contribution in [0.15, 0.2) is 29.4 Å². The molecule has 0 spiro atoms. The van der Waals surface area contributed by atoms with Crippen molar-refractivity contribution in [2.75, 3.05) is 5.75 Å². The molecule has 0 saturated carbocycles. The standard InChI is InChI=1S/C14H17N3O3S/c1-9(2)17-12(7-10-4-3-5-11(18)6-10)15-16-14(17)21-8-13(19)20/h3-6,9,18H,7-8H2,1-2H3,(H,19,20). The zero-order valence-electron chi connectivity index (χ0n) is 11.9. The number of hydrogen-bond donors (Lipinski definition) is 2. The van der Waals surface area contributed by atoms with Crippen molar-refractivity contribution < 1.29 is 15.0 Å². The van der Waals surface area contributed by atoms with Crippen molar-refractivity contribution in [1.29, 1.82) is 0 Å². The van der Waals surface area contributed by atoms with Gasteiger partial charge in [0.15, 0.2) is 5.16 Å². The van der Waals surface area contributed by atoms with Gasteiger partial charge in [-0.1, -0.05) is 23.9 Å². The Labute approximate surface area is 126 Å². The van der Waals surface area contributed by atoms with E-state index in [1.165, 1.54) is 0 Å². The van der Waals surface area contributed by atoms with Crippen molar-refractivity contribution >= 4 is 17.7 Å². The summed E-state index contributed by atoms with van der Waals surface area (Å²) in [5.74, 6) is 0.0386. The van der Waals surface area contributed by atoms with Gasteiger partial charge in [-0.25, -0.2) is 0 Å². The summed E-state index contributed by atoms with van der Waals surface area (Å²) < 4.78 is 1.93. The Morgan fingerprint density at radius 3 is 2.76 bits per heavy atom. The molecule has 6 nitrogen and oxygen atoms in total. The van der Waals surface area contributed by atoms with Gasteiger partial charge in [0.1, 0.15) is 11.6 Å². The number of aromatic hydroxyl groups is 1. The van der Waals surface area contributed by atoms with Crippen LogP contribution in [0.3, 0.4) is 0 Å². The number of aliphatic carboxylic acids is 1. The Balaban J connectivity index is 2.25. The van der Waals surface area contributed by atoms with Gasteiger partial charge in [0.2, 0.25) is 0 Å². The number of phenolic OH excluding ortho intramolecular Hbond substituents is 1. The molecule has 1 aromatic heterocycles. The summed E-state index contributed by atoms with van der Waals surface area (Å²) in [5, 5.41) is 27.1. The van der Waals surface area contributed by atoms with E-state index in [2.05, 4.69) is 10.2 Å². The van der Waals surface area contributed by atoms with Crippen molar-refractivity contribution in [2.45, 2.75) is 31.5 Å². The minimum absolute atomic E-state index is 0.0447. The van der Waals surface area contributed by atoms with E-state index in [1.54, 1.807) is 18.2 Å². The summed E-state index contributed by atoms with van der Waals surface area (Å²) in [6, 6.07) is 7.11. The second-order valence-corrected chi connectivity index (χ2v) is 5.83. The van der Waals surface area contributed by atoms with E-state index < -0.39 is 5.97 Å². The monoisotopic (exact) mass is 307 g/mol. The summed E-state index contributed by atoms with van der Waals surface area (Å²) in [7, 11) is 0. The van der Waals surface area contributed by atoms with Crippen molar-refractivity contribution in [1.82, 2.24) is 14.8 Å². The van der Waals surface area contributed by atoms with Gasteiger partial charge in [-0.05, 0) is 31.5 Å². The second-order valence-electron chi connectivity index (χ2n) is 4.89. The van der Waals surface area contributed by atoms with Gasteiger partial charge in [0.25, 0.3) is 0 Å². The first kappa shape index (κ1) is 15.4. The van der Waals surface area contributed by atoms with Gasteiger partial charge >= 0.3 is 5.97 Å². The van der Waals surface area contributed by atoms with E-state index in [-0.39, 0.29) is 17.5 Å². The average Bonchev–Trinajstić information content (AvgIpc) is 2.79. The maximum absolute atomic E-state index is 10.7. The number of rotatable bonds is 6. The lowest BCUT2D eigenvalue weighted by molar-refractivity contribution is -0.133. The summed E-state index contributed by atoms with van der Waals surface area (Å²) in [6.45, 7) is 4.00. The highest BCUT2D eigenvalue weighted by Gasteiger charge is 2.16. The van der Waals surface area contributed by atoms with Crippen LogP contribution in [0, 0.1) is 0 Å². The molecule has 21 heavy (non-hydrogen) atoms. The number of nitrogens with zero attached hydrogens (tertiary/aromatic N) is 3. The molecule has 1 aromatic carbocycles. The molecule has 2 rings (SSSR count). The number of carboxylic acids is 1. The number of hydrogen-bond acceptors (Lipinski definition) is 5. The van der Waals surface area contributed by atoms with Crippen LogP contribution >= 0.6 is 11.8 Å². The highest BCUT2D eigenvalue weighted by molar-refractivity contribution is 7.99. The molecule has 0 fully saturated rings. The molecule has 112 valence electrons. The predicted octanol–water partition coefficient (Wildman–Crippen LogP) is 2.33. The Kier molecular flexibility index (Phi) is 4.85. The number of benzene rings is 1. The molecule has 2 aromatic rings. The predicted molar refractivity (Wildman–Crippen MR) is 79.7 cm³/mol. The molecule has 0 aliphatic heterocycles. The molecular weight excluding hydrogens is 290 g/mol. The third-order valence-corrected chi connectivity index (χ3v) is 3.78. The number of carbonyl (C=O) groups is 1. The van der Waals surface area contributed by atoms with Crippen LogP contribution in [0.1, 0.15) is 31.3 Å². The number of aromatic nitrogens is 3. The lowest BCUT2D eigenvalue weighted by atomic mass is 10.1. The zero-order valence-corrected chi connectivity index (χ0v) is 12.7. The number of phenols is 1. The maximum Gasteiger partial charge on any atom is 0.313 e. The van der Waals surface area contributed by atoms with Gasteiger partial charge in [-0.3, -0.25) is 4.79 Å². The van der Waals surface area contributed by atoms with E-state index >= 15 is 0 Å². The van der Waals surface area contributed by atoms with Crippen LogP contribution in [0.5, 0.6) is 5.75 Å². The Morgan fingerprint density at radius 1 is 1.38 bits per heavy atom. The van der Waals surface area contributed by atoms with Crippen molar-refractivity contribution in [3.63, 3.8) is 0 Å². The fraction of sp³-hybridized carbons (Fsp3) is 0.357. The van der Waals surface area contributed by atoms with Crippen LogP contribution in [0.2, 0.25) is 0 Å². The largest absolute Gasteiger partial charge is 0.508 e. The molecule has 0 atom stereocenters. The van der Waals surface area contributed by atoms with Crippen LogP contribution < -0.4 is 0 Å². The summed E-state index contributed by atoms with van der Waals surface area (Å²) in [4.78, 5) is 10.7. The van der Waals surface area contributed by atoms with Crippen LogP contribution in [0.4, 0.5) is 0 Å². The number of thioether (sulfide) groups is 1. The molecule has 7 heteroatoms. The SMILES string of the molecule is CC(C)n1c(Cc2cccc(O)c2)nnc1SCC(=O)O. The van der Waals surface area contributed by atoms with E-state index in [1.807, 2.05) is 24.5 Å². The molecule has 0 radical (unpaired) electrons. The Hall–Kier alpha value is -2.02. The smallest absolute Gasteiger partial charge is 0.313 e. The first-order chi connectivity index (χ1) is 9.97. The van der Waals surface area contributed by atoms with Gasteiger partial charge in [-0.2, -0.15) is 0 Å². The first-order valence-corrected chi connectivity index (χ1v) is 7.52. The summed E-state index contributed by atoms with van der Waals surface area (Å²) in [5.41, 5.74) is 0.930. The van der Waals surface area contributed by atoms with Crippen molar-refractivity contribution in [2.24, 2.45) is 0 Å². The lowest BCUT2D eigenvalue weighted by Gasteiger charge is -2.13. The lowest BCUT2D eigenvalue weighted by Crippen LogP contribution is -2.09. The first-order valence-electron chi connectivity index (χ1n) is 6.53. The van der Waals surface area contributed by atoms with Crippen LogP contribution in [-0.2, 0) is 11.2 Å². The van der Waals surface area contributed by atoms with Crippen molar-refractivity contribution in [3.05, 3.63) is 35.7 Å². The average molecular weight is 307 g/mol. The van der Waals surface area contributed by atoms with Crippen molar-refractivity contribution in [3.8, 4) is 5.75 Å². The highest BCUT2D eigenvalue weighted by atomic mass is 32.2. The molecule has 0 aliphatic rings. The van der Waals surface area contributed by atoms with E-state index in [0.717, 1.165) is 23.1 Å². The van der Waals surface area contributed by atoms with Crippen LogP contribution in [0.25, 0.3) is 0 Å². The Bertz CT molecular complexity index is 640. The highest BCUT2D eigenvalue weighted by Crippen LogP contribution is 2.23. The van der Waals surface area contributed by atoms with Gasteiger partial charge in [0.05, 0.1) is 5.75 Å². The zero-order chi connectivity index (χ0) is 15.4. The van der Waals surface area contributed by atoms with E-state index in [4.69, 9.17) is 5.11 Å². The topological polar surface area (TPSA) is 88.2 Å². The van der Waals surface area contributed by atoms with Gasteiger partial charge < -0.3 is 14.8 Å². The van der Waals surface area contributed by atoms with Gasteiger partial charge in [-0.15, -0.1) is 10.2 Å². The maximum atomic E-state index is 10.7. The third-order valence-electron chi connectivity index (χ3n) is 2.85. The minimum atomic E-state index is -0.882. The van der Waals surface area contributed by atoms with E-state index in [0.29, 0.717) is 11.6 Å². The molecule has 0 aliphatic carbocycles. The fourth-order valence-electron chi connectivity index (χ4n) is 2.02. The second kappa shape index (κ2) is 6.62. The molecule has 0 amide bonds. The Morgan fingerprint density at radius 2 is 2.14 bits per heavy atom. The molecule has 0 saturated heterocycles. The molecule has 2 N–H and O–H groups in total. The molecule has 0 bridgehead atoms. The molecule has 1 heterocycles. The summed E-state index contributed by atoms with van der Waals surface area (Å²) in [6.07, 6.45) is 0.535. The fourth-order valence-corrected chi connectivity index (χ4v) is 2.83. The third kappa shape index (κ3) is 3.98. The van der Waals surface area contributed by atoms with Gasteiger partial charge in [0, 0.05) is 12.5 Å².